The number of benzene rings is 2. The molecular formula is C23H27Cl4N3O4S. The van der Waals surface area contributed by atoms with E-state index < -0.39 is 28.5 Å². The van der Waals surface area contributed by atoms with E-state index in [2.05, 4.69) is 5.32 Å². The largest absolute Gasteiger partial charge is 0.354 e. The van der Waals surface area contributed by atoms with E-state index in [9.17, 15) is 18.0 Å². The molecule has 2 amide bonds. The Morgan fingerprint density at radius 3 is 2.31 bits per heavy atom. The number of unbranched alkanes of at least 4 members (excludes halogenated alkanes) is 1. The Hall–Kier alpha value is -1.71. The summed E-state index contributed by atoms with van der Waals surface area (Å²) in [4.78, 5) is 27.6. The van der Waals surface area contributed by atoms with Gasteiger partial charge in [0.05, 0.1) is 32.0 Å². The van der Waals surface area contributed by atoms with Crippen LogP contribution in [0.1, 0.15) is 32.3 Å². The van der Waals surface area contributed by atoms with Gasteiger partial charge in [-0.15, -0.1) is 0 Å². The molecule has 2 rings (SSSR count). The summed E-state index contributed by atoms with van der Waals surface area (Å²) in [5, 5.41) is 3.58. The summed E-state index contributed by atoms with van der Waals surface area (Å²) in [5.41, 5.74) is 0.678. The zero-order valence-electron chi connectivity index (χ0n) is 19.5. The first-order valence-electron chi connectivity index (χ1n) is 10.8. The Morgan fingerprint density at radius 1 is 1.03 bits per heavy atom. The molecule has 1 atom stereocenters. The molecule has 2 aromatic rings. The van der Waals surface area contributed by atoms with E-state index in [-0.39, 0.29) is 28.2 Å². The minimum atomic E-state index is -3.93. The number of halogens is 4. The Labute approximate surface area is 226 Å². The molecule has 0 heterocycles. The van der Waals surface area contributed by atoms with Crippen LogP contribution in [0, 0.1) is 0 Å². The first-order valence-corrected chi connectivity index (χ1v) is 14.2. The van der Waals surface area contributed by atoms with Crippen LogP contribution in [0.3, 0.4) is 0 Å². The Morgan fingerprint density at radius 2 is 1.71 bits per heavy atom. The maximum Gasteiger partial charge on any atom is 0.244 e. The van der Waals surface area contributed by atoms with Gasteiger partial charge in [-0.1, -0.05) is 71.9 Å². The maximum atomic E-state index is 13.5. The van der Waals surface area contributed by atoms with Crippen LogP contribution in [0.25, 0.3) is 0 Å². The van der Waals surface area contributed by atoms with Gasteiger partial charge in [-0.05, 0) is 43.2 Å². The zero-order valence-corrected chi connectivity index (χ0v) is 23.4. The van der Waals surface area contributed by atoms with Crippen LogP contribution in [-0.2, 0) is 26.2 Å². The summed E-state index contributed by atoms with van der Waals surface area (Å²) in [6.07, 6.45) is 2.64. The number of sulfonamides is 1. The average molecular weight is 583 g/mol. The number of hydrogen-bond acceptors (Lipinski definition) is 4. The molecule has 0 saturated heterocycles. The number of nitrogens with one attached hydrogen (secondary N) is 1. The van der Waals surface area contributed by atoms with Crippen molar-refractivity contribution in [2.24, 2.45) is 0 Å². The number of anilines is 1. The van der Waals surface area contributed by atoms with Crippen LogP contribution in [0.2, 0.25) is 20.1 Å². The van der Waals surface area contributed by atoms with E-state index in [0.29, 0.717) is 22.2 Å². The zero-order chi connectivity index (χ0) is 26.3. The van der Waals surface area contributed by atoms with Gasteiger partial charge in [0.25, 0.3) is 0 Å². The lowest BCUT2D eigenvalue weighted by atomic mass is 10.1. The number of nitrogens with zero attached hydrogens (tertiary/aromatic N) is 2. The van der Waals surface area contributed by atoms with E-state index in [0.717, 1.165) is 23.4 Å². The van der Waals surface area contributed by atoms with Gasteiger partial charge in [-0.25, -0.2) is 8.42 Å². The highest BCUT2D eigenvalue weighted by atomic mass is 35.5. The van der Waals surface area contributed by atoms with Crippen LogP contribution >= 0.6 is 46.4 Å². The molecule has 192 valence electrons. The topological polar surface area (TPSA) is 86.8 Å². The summed E-state index contributed by atoms with van der Waals surface area (Å²) in [6, 6.07) is 8.45. The van der Waals surface area contributed by atoms with Crippen molar-refractivity contribution in [2.45, 2.75) is 39.3 Å². The lowest BCUT2D eigenvalue weighted by molar-refractivity contribution is -0.139. The van der Waals surface area contributed by atoms with Crippen LogP contribution in [0.4, 0.5) is 5.69 Å². The normalized spacial score (nSPS) is 12.2. The predicted molar refractivity (Wildman–Crippen MR) is 143 cm³/mol. The third-order valence-electron chi connectivity index (χ3n) is 5.21. The summed E-state index contributed by atoms with van der Waals surface area (Å²) in [5.74, 6) is -0.978. The van der Waals surface area contributed by atoms with Crippen molar-refractivity contribution in [1.29, 1.82) is 0 Å². The Balaban J connectivity index is 2.42. The van der Waals surface area contributed by atoms with Crippen LogP contribution < -0.4 is 9.62 Å². The number of rotatable bonds is 11. The first-order chi connectivity index (χ1) is 16.4. The minimum absolute atomic E-state index is 0.00103. The highest BCUT2D eigenvalue weighted by molar-refractivity contribution is 7.92. The smallest absolute Gasteiger partial charge is 0.244 e. The van der Waals surface area contributed by atoms with Gasteiger partial charge in [0.15, 0.2) is 0 Å². The van der Waals surface area contributed by atoms with E-state index in [1.165, 1.54) is 23.1 Å². The molecule has 0 bridgehead atoms. The predicted octanol–water partition coefficient (Wildman–Crippen LogP) is 5.40. The fourth-order valence-corrected chi connectivity index (χ4v) is 4.86. The van der Waals surface area contributed by atoms with Gasteiger partial charge in [0, 0.05) is 13.1 Å². The quantitative estimate of drug-likeness (QED) is 0.359. The SMILES string of the molecule is CCCCNC(=O)[C@H](C)N(Cc1ccc(Cl)c(Cl)c1)C(=O)CN(c1cccc(Cl)c1Cl)S(C)(=O)=O. The molecule has 7 nitrogen and oxygen atoms in total. The Kier molecular flexibility index (Phi) is 11.0. The second-order valence-corrected chi connectivity index (χ2v) is 11.4. The molecular weight excluding hydrogens is 556 g/mol. The minimum Gasteiger partial charge on any atom is -0.354 e. The van der Waals surface area contributed by atoms with Gasteiger partial charge in [-0.2, -0.15) is 0 Å². The average Bonchev–Trinajstić information content (AvgIpc) is 2.79. The molecule has 0 unspecified atom stereocenters. The second kappa shape index (κ2) is 13.0. The molecule has 0 aliphatic carbocycles. The van der Waals surface area contributed by atoms with Gasteiger partial charge in [0.1, 0.15) is 12.6 Å². The van der Waals surface area contributed by atoms with Gasteiger partial charge >= 0.3 is 0 Å². The van der Waals surface area contributed by atoms with E-state index in [4.69, 9.17) is 46.4 Å². The highest BCUT2D eigenvalue weighted by Gasteiger charge is 2.31. The molecule has 1 N–H and O–H groups in total. The van der Waals surface area contributed by atoms with Crippen molar-refractivity contribution in [2.75, 3.05) is 23.7 Å². The van der Waals surface area contributed by atoms with Gasteiger partial charge in [-0.3, -0.25) is 13.9 Å². The lowest BCUT2D eigenvalue weighted by Crippen LogP contribution is -2.51. The molecule has 35 heavy (non-hydrogen) atoms. The molecule has 0 aliphatic rings. The second-order valence-electron chi connectivity index (χ2n) is 7.93. The van der Waals surface area contributed by atoms with Crippen LogP contribution in [-0.4, -0.2) is 50.5 Å². The van der Waals surface area contributed by atoms with Crippen molar-refractivity contribution >= 4 is 73.9 Å². The highest BCUT2D eigenvalue weighted by Crippen LogP contribution is 2.34. The first kappa shape index (κ1) is 29.5. The Bertz CT molecular complexity index is 1180. The summed E-state index contributed by atoms with van der Waals surface area (Å²) in [7, 11) is -3.93. The van der Waals surface area contributed by atoms with Crippen LogP contribution in [0.15, 0.2) is 36.4 Å². The molecule has 2 aromatic carbocycles. The number of amides is 2. The maximum absolute atomic E-state index is 13.5. The monoisotopic (exact) mass is 581 g/mol. The number of carbonyl (C=O) groups is 2. The van der Waals surface area contributed by atoms with Crippen molar-refractivity contribution in [3.63, 3.8) is 0 Å². The summed E-state index contributed by atoms with van der Waals surface area (Å²) in [6.45, 7) is 3.44. The van der Waals surface area contributed by atoms with Crippen molar-refractivity contribution < 1.29 is 18.0 Å². The third-order valence-corrected chi connectivity index (χ3v) is 7.89. The fourth-order valence-electron chi connectivity index (χ4n) is 3.23. The standard InChI is InChI=1S/C23H27Cl4N3O4S/c1-4-5-11-28-23(32)15(2)29(13-16-9-10-17(24)19(26)12-16)21(31)14-30(35(3,33)34)20-8-6-7-18(25)22(20)27/h6-10,12,15H,4-5,11,13-14H2,1-3H3,(H,28,32)/t15-/m0/s1. The molecule has 0 aromatic heterocycles. The van der Waals surface area contributed by atoms with Crippen molar-refractivity contribution in [3.05, 3.63) is 62.1 Å². The van der Waals surface area contributed by atoms with Gasteiger partial charge < -0.3 is 10.2 Å². The fraction of sp³-hybridized carbons (Fsp3) is 0.391. The van der Waals surface area contributed by atoms with E-state index in [1.54, 1.807) is 25.1 Å². The van der Waals surface area contributed by atoms with E-state index in [1.807, 2.05) is 6.92 Å². The molecule has 0 spiro atoms. The third kappa shape index (κ3) is 8.15. The van der Waals surface area contributed by atoms with Gasteiger partial charge in [0.2, 0.25) is 21.8 Å². The summed E-state index contributed by atoms with van der Waals surface area (Å²) < 4.78 is 26.1. The van der Waals surface area contributed by atoms with Crippen molar-refractivity contribution in [3.8, 4) is 0 Å². The van der Waals surface area contributed by atoms with Crippen LogP contribution in [0.5, 0.6) is 0 Å². The molecule has 0 saturated carbocycles. The van der Waals surface area contributed by atoms with Crippen molar-refractivity contribution in [1.82, 2.24) is 10.2 Å². The molecule has 12 heteroatoms. The molecule has 0 aliphatic heterocycles. The number of carbonyl (C=O) groups excluding carboxylic acids is 2. The summed E-state index contributed by atoms with van der Waals surface area (Å²) >= 11 is 24.5. The molecule has 0 radical (unpaired) electrons. The number of hydrogen-bond donors (Lipinski definition) is 1. The van der Waals surface area contributed by atoms with E-state index >= 15 is 0 Å². The molecule has 0 fully saturated rings. The lowest BCUT2D eigenvalue weighted by Gasteiger charge is -2.31.